The Balaban J connectivity index is 1.94. The van der Waals surface area contributed by atoms with E-state index in [1.807, 2.05) is 31.2 Å². The topological polar surface area (TPSA) is 92.1 Å². The molecule has 0 saturated carbocycles. The lowest BCUT2D eigenvalue weighted by atomic mass is 9.93. The molecule has 1 heterocycles. The molecule has 1 aromatic heterocycles. The van der Waals surface area contributed by atoms with E-state index in [1.54, 1.807) is 38.3 Å². The molecule has 0 saturated heterocycles. The summed E-state index contributed by atoms with van der Waals surface area (Å²) in [4.78, 5) is 29.3. The number of nitrogens with one attached hydrogen (secondary N) is 1. The third kappa shape index (κ3) is 5.16. The van der Waals surface area contributed by atoms with E-state index in [0.717, 1.165) is 5.56 Å². The van der Waals surface area contributed by atoms with Crippen LogP contribution in [0, 0.1) is 25.2 Å². The van der Waals surface area contributed by atoms with Gasteiger partial charge in [-0.05, 0) is 50.6 Å². The van der Waals surface area contributed by atoms with Crippen LogP contribution in [0.5, 0.6) is 5.75 Å². The van der Waals surface area contributed by atoms with Gasteiger partial charge in [0.15, 0.2) is 5.78 Å². The molecule has 32 heavy (non-hydrogen) atoms. The van der Waals surface area contributed by atoms with E-state index in [-0.39, 0.29) is 23.0 Å². The summed E-state index contributed by atoms with van der Waals surface area (Å²) in [5.41, 5.74) is 4.24. The molecular weight excluding hydrogens is 422 g/mol. The van der Waals surface area contributed by atoms with E-state index in [4.69, 9.17) is 4.74 Å². The molecular formula is C25H23N3O3S. The number of Topliss-reactive ketones (excluding diaryl/α,β-unsaturated/α-hetero) is 1. The highest BCUT2D eigenvalue weighted by Gasteiger charge is 2.23. The highest BCUT2D eigenvalue weighted by atomic mass is 32.2. The molecule has 0 radical (unpaired) electrons. The standard InChI is InChI=1S/C25H23N3O3S/c1-15-5-9-19(10-6-15)28-22(30)14-32-25-21(13-26)24(23(17(3)29)16(2)27-25)18-7-11-20(31-4)12-8-18/h5-12H,14H2,1-4H3,(H,28,30). The molecule has 162 valence electrons. The number of nitrogens with zero attached hydrogens (tertiary/aromatic N) is 2. The number of amides is 1. The second-order valence-electron chi connectivity index (χ2n) is 7.23. The Kier molecular flexibility index (Phi) is 7.29. The lowest BCUT2D eigenvalue weighted by molar-refractivity contribution is -0.113. The molecule has 3 rings (SSSR count). The Morgan fingerprint density at radius 2 is 1.75 bits per heavy atom. The Morgan fingerprint density at radius 1 is 1.09 bits per heavy atom. The SMILES string of the molecule is COc1ccc(-c2c(C#N)c(SCC(=O)Nc3ccc(C)cc3)nc(C)c2C(C)=O)cc1. The van der Waals surface area contributed by atoms with Crippen molar-refractivity contribution in [2.24, 2.45) is 0 Å². The lowest BCUT2D eigenvalue weighted by Gasteiger charge is -2.16. The van der Waals surface area contributed by atoms with Crippen molar-refractivity contribution < 1.29 is 14.3 Å². The molecule has 0 aliphatic heterocycles. The fraction of sp³-hybridized carbons (Fsp3) is 0.200. The molecule has 2 aromatic carbocycles. The van der Waals surface area contributed by atoms with Gasteiger partial charge in [-0.2, -0.15) is 5.26 Å². The monoisotopic (exact) mass is 445 g/mol. The number of carbonyl (C=O) groups is 2. The van der Waals surface area contributed by atoms with E-state index < -0.39 is 0 Å². The number of methoxy groups -OCH3 is 1. The number of anilines is 1. The second kappa shape index (κ2) is 10.1. The summed E-state index contributed by atoms with van der Waals surface area (Å²) in [5, 5.41) is 13.2. The second-order valence-corrected chi connectivity index (χ2v) is 8.19. The number of ether oxygens (including phenoxy) is 1. The molecule has 7 heteroatoms. The Bertz CT molecular complexity index is 1200. The van der Waals surface area contributed by atoms with Crippen molar-refractivity contribution in [1.29, 1.82) is 5.26 Å². The molecule has 0 bridgehead atoms. The van der Waals surface area contributed by atoms with Gasteiger partial charge in [-0.15, -0.1) is 0 Å². The summed E-state index contributed by atoms with van der Waals surface area (Å²) in [6.45, 7) is 5.17. The first kappa shape index (κ1) is 23.0. The maximum atomic E-state index is 12.4. The van der Waals surface area contributed by atoms with Crippen LogP contribution in [0.1, 0.15) is 34.1 Å². The minimum atomic E-state index is -0.205. The van der Waals surface area contributed by atoms with Crippen LogP contribution < -0.4 is 10.1 Å². The number of carbonyl (C=O) groups excluding carboxylic acids is 2. The molecule has 1 N–H and O–H groups in total. The largest absolute Gasteiger partial charge is 0.497 e. The van der Waals surface area contributed by atoms with Gasteiger partial charge in [0.1, 0.15) is 16.8 Å². The molecule has 0 atom stereocenters. The third-order valence-electron chi connectivity index (χ3n) is 4.86. The molecule has 0 unspecified atom stereocenters. The number of ketones is 1. The quantitative estimate of drug-likeness (QED) is 0.398. The third-order valence-corrected chi connectivity index (χ3v) is 5.84. The van der Waals surface area contributed by atoms with Gasteiger partial charge in [-0.3, -0.25) is 9.59 Å². The molecule has 3 aromatic rings. The maximum Gasteiger partial charge on any atom is 0.234 e. The fourth-order valence-electron chi connectivity index (χ4n) is 3.33. The number of nitriles is 1. The molecule has 0 aliphatic rings. The zero-order chi connectivity index (χ0) is 23.3. The van der Waals surface area contributed by atoms with Gasteiger partial charge in [0.05, 0.1) is 24.1 Å². The number of aryl methyl sites for hydroxylation is 2. The maximum absolute atomic E-state index is 12.4. The van der Waals surface area contributed by atoms with Crippen molar-refractivity contribution in [3.8, 4) is 22.9 Å². The summed E-state index contributed by atoms with van der Waals surface area (Å²) >= 11 is 1.17. The van der Waals surface area contributed by atoms with Gasteiger partial charge in [-0.1, -0.05) is 41.6 Å². The van der Waals surface area contributed by atoms with Gasteiger partial charge in [-0.25, -0.2) is 4.98 Å². The predicted molar refractivity (Wildman–Crippen MR) is 126 cm³/mol. The van der Waals surface area contributed by atoms with E-state index in [1.165, 1.54) is 18.7 Å². The van der Waals surface area contributed by atoms with Gasteiger partial charge in [0.25, 0.3) is 0 Å². The molecule has 0 aliphatic carbocycles. The van der Waals surface area contributed by atoms with Crippen LogP contribution in [-0.2, 0) is 4.79 Å². The number of pyridine rings is 1. The smallest absolute Gasteiger partial charge is 0.234 e. The summed E-state index contributed by atoms with van der Waals surface area (Å²) in [5.74, 6) is 0.371. The number of benzene rings is 2. The first-order valence-electron chi connectivity index (χ1n) is 9.93. The van der Waals surface area contributed by atoms with Gasteiger partial charge < -0.3 is 10.1 Å². The first-order valence-corrected chi connectivity index (χ1v) is 10.9. The highest BCUT2D eigenvalue weighted by Crippen LogP contribution is 2.35. The van der Waals surface area contributed by atoms with Crippen molar-refractivity contribution >= 4 is 29.1 Å². The Labute approximate surface area is 191 Å². The zero-order valence-electron chi connectivity index (χ0n) is 18.4. The van der Waals surface area contributed by atoms with Crippen LogP contribution in [-0.4, -0.2) is 29.5 Å². The Hall–Kier alpha value is -3.63. The van der Waals surface area contributed by atoms with Crippen LogP contribution in [0.4, 0.5) is 5.69 Å². The van der Waals surface area contributed by atoms with Crippen molar-refractivity contribution in [2.75, 3.05) is 18.2 Å². The van der Waals surface area contributed by atoms with Crippen molar-refractivity contribution in [1.82, 2.24) is 4.98 Å². The number of rotatable bonds is 7. The normalized spacial score (nSPS) is 10.3. The summed E-state index contributed by atoms with van der Waals surface area (Å²) in [7, 11) is 1.57. The minimum absolute atomic E-state index is 0.0798. The first-order chi connectivity index (χ1) is 15.3. The average Bonchev–Trinajstić information content (AvgIpc) is 2.78. The molecule has 6 nitrogen and oxygen atoms in total. The summed E-state index contributed by atoms with van der Waals surface area (Å²) in [6, 6.07) is 16.9. The predicted octanol–water partition coefficient (Wildman–Crippen LogP) is 5.18. The van der Waals surface area contributed by atoms with Crippen LogP contribution in [0.3, 0.4) is 0 Å². The highest BCUT2D eigenvalue weighted by molar-refractivity contribution is 8.00. The number of thioether (sulfide) groups is 1. The van der Waals surface area contributed by atoms with Crippen molar-refractivity contribution in [3.05, 3.63) is 70.9 Å². The average molecular weight is 446 g/mol. The van der Waals surface area contributed by atoms with Crippen molar-refractivity contribution in [2.45, 2.75) is 25.8 Å². The van der Waals surface area contributed by atoms with E-state index in [9.17, 15) is 14.9 Å². The Morgan fingerprint density at radius 3 is 2.31 bits per heavy atom. The van der Waals surface area contributed by atoms with Crippen LogP contribution >= 0.6 is 11.8 Å². The number of hydrogen-bond acceptors (Lipinski definition) is 6. The summed E-state index contributed by atoms with van der Waals surface area (Å²) < 4.78 is 5.21. The zero-order valence-corrected chi connectivity index (χ0v) is 19.2. The molecule has 0 spiro atoms. The fourth-order valence-corrected chi connectivity index (χ4v) is 4.16. The van der Waals surface area contributed by atoms with E-state index in [0.29, 0.717) is 38.8 Å². The lowest BCUT2D eigenvalue weighted by Crippen LogP contribution is -2.15. The van der Waals surface area contributed by atoms with Crippen LogP contribution in [0.25, 0.3) is 11.1 Å². The van der Waals surface area contributed by atoms with E-state index >= 15 is 0 Å². The van der Waals surface area contributed by atoms with Gasteiger partial charge in [0.2, 0.25) is 5.91 Å². The number of hydrogen-bond donors (Lipinski definition) is 1. The van der Waals surface area contributed by atoms with Crippen LogP contribution in [0.2, 0.25) is 0 Å². The summed E-state index contributed by atoms with van der Waals surface area (Å²) in [6.07, 6.45) is 0. The minimum Gasteiger partial charge on any atom is -0.497 e. The van der Waals surface area contributed by atoms with E-state index in [2.05, 4.69) is 16.4 Å². The molecule has 0 fully saturated rings. The van der Waals surface area contributed by atoms with Crippen molar-refractivity contribution in [3.63, 3.8) is 0 Å². The number of aromatic nitrogens is 1. The van der Waals surface area contributed by atoms with Crippen LogP contribution in [0.15, 0.2) is 53.6 Å². The molecule has 1 amide bonds. The van der Waals surface area contributed by atoms with Gasteiger partial charge in [0, 0.05) is 16.8 Å². The van der Waals surface area contributed by atoms with Gasteiger partial charge >= 0.3 is 0 Å².